The van der Waals surface area contributed by atoms with Gasteiger partial charge < -0.3 is 21.5 Å². The Morgan fingerprint density at radius 2 is 1.60 bits per heavy atom. The Hall–Kier alpha value is -3.95. The molecule has 5 N–H and O–H groups in total. The molecule has 2 aromatic rings. The van der Waals surface area contributed by atoms with Crippen LogP contribution in [0.1, 0.15) is 29.9 Å². The first-order valence-corrected chi connectivity index (χ1v) is 9.24. The second-order valence-electron chi connectivity index (χ2n) is 6.45. The number of carbonyl (C=O) groups is 2. The maximum Gasteiger partial charge on any atom is 0.326 e. The zero-order valence-corrected chi connectivity index (χ0v) is 16.1. The number of amides is 1. The third-order valence-electron chi connectivity index (χ3n) is 4.31. The molecule has 2 rings (SSSR count). The lowest BCUT2D eigenvalue weighted by molar-refractivity contribution is -0.485. The third kappa shape index (κ3) is 6.89. The number of nitrogens with zero attached hydrogens (tertiary/aromatic N) is 2. The number of nitro groups is 1. The van der Waals surface area contributed by atoms with Gasteiger partial charge in [0.15, 0.2) is 5.03 Å². The highest BCUT2D eigenvalue weighted by Crippen LogP contribution is 2.25. The molecular weight excluding hydrogens is 390 g/mol. The Labute approximate surface area is 172 Å². The van der Waals surface area contributed by atoms with Crippen LogP contribution >= 0.6 is 0 Å². The maximum absolute atomic E-state index is 13.0. The van der Waals surface area contributed by atoms with Gasteiger partial charge >= 0.3 is 5.97 Å². The van der Waals surface area contributed by atoms with Crippen molar-refractivity contribution in [2.24, 2.45) is 10.8 Å². The van der Waals surface area contributed by atoms with E-state index < -0.39 is 28.9 Å². The zero-order valence-electron chi connectivity index (χ0n) is 16.1. The maximum atomic E-state index is 13.0. The predicted octanol–water partition coefficient (Wildman–Crippen LogP) is 1.26. The second kappa shape index (κ2) is 11.1. The van der Waals surface area contributed by atoms with E-state index in [4.69, 9.17) is 5.73 Å². The molecule has 1 atom stereocenters. The molecule has 0 saturated carbocycles. The number of carbonyl (C=O) groups excluding carboxylic acids is 1. The molecule has 0 spiro atoms. The molecule has 10 nitrogen and oxygen atoms in total. The van der Waals surface area contributed by atoms with E-state index in [1.54, 1.807) is 0 Å². The van der Waals surface area contributed by atoms with Crippen LogP contribution in [-0.4, -0.2) is 40.6 Å². The lowest BCUT2D eigenvalue weighted by Gasteiger charge is -2.21. The highest BCUT2D eigenvalue weighted by Gasteiger charge is 2.27. The summed E-state index contributed by atoms with van der Waals surface area (Å²) in [6.45, 7) is 0.170. The third-order valence-corrected chi connectivity index (χ3v) is 4.31. The van der Waals surface area contributed by atoms with Gasteiger partial charge in [-0.1, -0.05) is 60.7 Å². The Morgan fingerprint density at radius 1 is 1.07 bits per heavy atom. The molecule has 0 aliphatic heterocycles. The van der Waals surface area contributed by atoms with Crippen LogP contribution < -0.4 is 16.4 Å². The normalized spacial score (nSPS) is 12.2. The molecule has 158 valence electrons. The van der Waals surface area contributed by atoms with Gasteiger partial charge in [0.2, 0.25) is 5.91 Å². The Kier molecular flexibility index (Phi) is 8.30. The van der Waals surface area contributed by atoms with Crippen LogP contribution in [0, 0.1) is 10.1 Å². The van der Waals surface area contributed by atoms with Gasteiger partial charge in [-0.3, -0.25) is 4.79 Å². The zero-order chi connectivity index (χ0) is 21.9. The largest absolute Gasteiger partial charge is 0.480 e. The standard InChI is InChI=1S/C20H23N5O5/c21-20(24-25(29)30)22-13-7-12-16(19(27)28)23-18(26)17(14-8-3-1-4-9-14)15-10-5-2-6-11-15/h1-6,8-11,16-17H,7,12-13H2,(H,23,26)(H,27,28)(H3,21,22,24). The van der Waals surface area contributed by atoms with E-state index in [1.165, 1.54) is 0 Å². The molecule has 0 aliphatic carbocycles. The van der Waals surface area contributed by atoms with Gasteiger partial charge in [0.1, 0.15) is 11.1 Å². The van der Waals surface area contributed by atoms with Crippen molar-refractivity contribution in [2.45, 2.75) is 24.8 Å². The molecule has 0 bridgehead atoms. The first-order chi connectivity index (χ1) is 14.4. The molecule has 0 radical (unpaired) electrons. The molecule has 2 aromatic carbocycles. The van der Waals surface area contributed by atoms with Gasteiger partial charge in [0, 0.05) is 6.54 Å². The van der Waals surface area contributed by atoms with E-state index in [9.17, 15) is 24.8 Å². The topological polar surface area (TPSA) is 160 Å². The van der Waals surface area contributed by atoms with Crippen molar-refractivity contribution in [3.05, 3.63) is 81.9 Å². The van der Waals surface area contributed by atoms with E-state index in [2.05, 4.69) is 15.7 Å². The van der Waals surface area contributed by atoms with Crippen LogP contribution in [-0.2, 0) is 9.59 Å². The Bertz CT molecular complexity index is 849. The summed E-state index contributed by atoms with van der Waals surface area (Å²) in [6, 6.07) is 17.1. The fraction of sp³-hybridized carbons (Fsp3) is 0.250. The number of benzene rings is 2. The summed E-state index contributed by atoms with van der Waals surface area (Å²) in [7, 11) is 0. The molecule has 0 heterocycles. The van der Waals surface area contributed by atoms with E-state index in [-0.39, 0.29) is 18.9 Å². The summed E-state index contributed by atoms with van der Waals surface area (Å²) in [4.78, 5) is 34.9. The van der Waals surface area contributed by atoms with Gasteiger partial charge in [0.05, 0.1) is 5.92 Å². The average molecular weight is 413 g/mol. The summed E-state index contributed by atoms with van der Waals surface area (Å²) >= 11 is 0. The molecule has 10 heteroatoms. The highest BCUT2D eigenvalue weighted by molar-refractivity contribution is 5.90. The fourth-order valence-corrected chi connectivity index (χ4v) is 2.94. The van der Waals surface area contributed by atoms with Gasteiger partial charge in [-0.25, -0.2) is 14.9 Å². The van der Waals surface area contributed by atoms with Crippen molar-refractivity contribution in [1.29, 1.82) is 0 Å². The van der Waals surface area contributed by atoms with Crippen LogP contribution in [0.15, 0.2) is 65.8 Å². The van der Waals surface area contributed by atoms with E-state index in [0.29, 0.717) is 6.42 Å². The number of nitrogens with two attached hydrogens (primary N) is 1. The molecule has 30 heavy (non-hydrogen) atoms. The van der Waals surface area contributed by atoms with Gasteiger partial charge in [0.25, 0.3) is 5.96 Å². The van der Waals surface area contributed by atoms with E-state index in [1.807, 2.05) is 60.7 Å². The SMILES string of the molecule is N/C(=N/[N+](=O)[O-])NCCCC(NC(=O)C(c1ccccc1)c1ccccc1)C(=O)O. The van der Waals surface area contributed by atoms with Crippen molar-refractivity contribution in [3.8, 4) is 0 Å². The molecule has 0 aromatic heterocycles. The molecule has 0 saturated heterocycles. The molecule has 0 fully saturated rings. The number of hydrogen-bond donors (Lipinski definition) is 4. The summed E-state index contributed by atoms with van der Waals surface area (Å²) in [5, 5.41) is 26.8. The molecule has 1 unspecified atom stereocenters. The average Bonchev–Trinajstić information content (AvgIpc) is 2.71. The van der Waals surface area contributed by atoms with Crippen LogP contribution in [0.3, 0.4) is 0 Å². The number of hydrazone groups is 1. The Balaban J connectivity index is 2.06. The predicted molar refractivity (Wildman–Crippen MR) is 110 cm³/mol. The summed E-state index contributed by atoms with van der Waals surface area (Å²) in [5.41, 5.74) is 6.80. The van der Waals surface area contributed by atoms with Crippen LogP contribution in [0.2, 0.25) is 0 Å². The summed E-state index contributed by atoms with van der Waals surface area (Å²) in [5.74, 6) is -2.63. The monoisotopic (exact) mass is 413 g/mol. The number of rotatable bonds is 10. The van der Waals surface area contributed by atoms with E-state index in [0.717, 1.165) is 11.1 Å². The van der Waals surface area contributed by atoms with E-state index >= 15 is 0 Å². The summed E-state index contributed by atoms with van der Waals surface area (Å²) < 4.78 is 0. The van der Waals surface area contributed by atoms with Crippen LogP contribution in [0.4, 0.5) is 0 Å². The molecular formula is C20H23N5O5. The number of guanidine groups is 1. The minimum atomic E-state index is -1.17. The number of carboxylic acids is 1. The van der Waals surface area contributed by atoms with Gasteiger partial charge in [-0.15, -0.1) is 0 Å². The van der Waals surface area contributed by atoms with Gasteiger partial charge in [-0.2, -0.15) is 0 Å². The van der Waals surface area contributed by atoms with Crippen LogP contribution in [0.25, 0.3) is 0 Å². The lowest BCUT2D eigenvalue weighted by Crippen LogP contribution is -2.44. The summed E-state index contributed by atoms with van der Waals surface area (Å²) in [6.07, 6.45) is 0.405. The molecule has 0 aliphatic rings. The number of aliphatic carboxylic acids is 1. The van der Waals surface area contributed by atoms with Crippen molar-refractivity contribution < 1.29 is 19.7 Å². The number of hydrogen-bond acceptors (Lipinski definition) is 4. The van der Waals surface area contributed by atoms with Crippen molar-refractivity contribution >= 4 is 17.8 Å². The lowest BCUT2D eigenvalue weighted by atomic mass is 9.90. The minimum Gasteiger partial charge on any atom is -0.480 e. The second-order valence-corrected chi connectivity index (χ2v) is 6.45. The highest BCUT2D eigenvalue weighted by atomic mass is 16.7. The van der Waals surface area contributed by atoms with Gasteiger partial charge in [-0.05, 0) is 24.0 Å². The van der Waals surface area contributed by atoms with Crippen molar-refractivity contribution in [2.75, 3.05) is 6.54 Å². The number of carboxylic acid groups (broad SMARTS) is 1. The van der Waals surface area contributed by atoms with Crippen molar-refractivity contribution in [1.82, 2.24) is 10.6 Å². The minimum absolute atomic E-state index is 0.107. The van der Waals surface area contributed by atoms with Crippen LogP contribution in [0.5, 0.6) is 0 Å². The first kappa shape index (κ1) is 22.3. The Morgan fingerprint density at radius 3 is 2.07 bits per heavy atom. The smallest absolute Gasteiger partial charge is 0.326 e. The number of nitrogens with one attached hydrogen (secondary N) is 2. The first-order valence-electron chi connectivity index (χ1n) is 9.24. The molecule has 1 amide bonds. The van der Waals surface area contributed by atoms with Crippen molar-refractivity contribution in [3.63, 3.8) is 0 Å². The quantitative estimate of drug-likeness (QED) is 0.150. The fourth-order valence-electron chi connectivity index (χ4n) is 2.94.